The predicted octanol–water partition coefficient (Wildman–Crippen LogP) is 9.44. The smallest absolute Gasteiger partial charge is 0.330 e. The van der Waals surface area contributed by atoms with Gasteiger partial charge in [0.05, 0.1) is 29.3 Å². The molecule has 1 unspecified atom stereocenters. The average Bonchev–Trinajstić information content (AvgIpc) is 3.12. The monoisotopic (exact) mass is 654 g/mol. The Bertz CT molecular complexity index is 1500. The highest BCUT2D eigenvalue weighted by molar-refractivity contribution is 5.94. The number of benzene rings is 3. The molecule has 0 aliphatic carbocycles. The minimum absolute atomic E-state index is 0.253. The van der Waals surface area contributed by atoms with Crippen molar-refractivity contribution in [3.05, 3.63) is 91.0 Å². The number of esters is 2. The molecule has 0 radical (unpaired) electrons. The van der Waals surface area contributed by atoms with E-state index in [1.807, 2.05) is 31.2 Å². The van der Waals surface area contributed by atoms with Gasteiger partial charge < -0.3 is 19.7 Å². The highest BCUT2D eigenvalue weighted by Gasteiger charge is 2.17. The molecule has 3 aromatic carbocycles. The molecule has 1 N–H and O–H groups in total. The number of azo groups is 2. The van der Waals surface area contributed by atoms with Crippen molar-refractivity contribution in [2.45, 2.75) is 71.9 Å². The molecule has 0 heterocycles. The SMILES string of the molecule is C=CC(=O)OCCN(CC)c1ccc(N=Nc2ccc(N=Nc3ccc(C(=O)NC(CCCCCCC)OC(=O)CC)cc3)cc2)cc1. The van der Waals surface area contributed by atoms with Gasteiger partial charge in [-0.3, -0.25) is 9.59 Å². The summed E-state index contributed by atoms with van der Waals surface area (Å²) >= 11 is 0. The molecule has 48 heavy (non-hydrogen) atoms. The fraction of sp³-hybridized carbons (Fsp3) is 0.378. The fourth-order valence-electron chi connectivity index (χ4n) is 4.58. The van der Waals surface area contributed by atoms with Gasteiger partial charge in [0.25, 0.3) is 5.91 Å². The molecule has 0 saturated heterocycles. The lowest BCUT2D eigenvalue weighted by atomic mass is 10.1. The maximum Gasteiger partial charge on any atom is 0.330 e. The van der Waals surface area contributed by atoms with Crippen LogP contribution in [-0.2, 0) is 19.1 Å². The number of carbonyl (C=O) groups is 3. The van der Waals surface area contributed by atoms with Crippen molar-refractivity contribution < 1.29 is 23.9 Å². The van der Waals surface area contributed by atoms with E-state index in [0.717, 1.165) is 44.0 Å². The van der Waals surface area contributed by atoms with E-state index in [2.05, 4.69) is 44.2 Å². The molecule has 1 atom stereocenters. The normalized spacial score (nSPS) is 11.7. The number of ether oxygens (including phenoxy) is 2. The Morgan fingerprint density at radius 3 is 1.79 bits per heavy atom. The zero-order valence-electron chi connectivity index (χ0n) is 28.1. The zero-order valence-corrected chi connectivity index (χ0v) is 28.1. The second kappa shape index (κ2) is 20.8. The van der Waals surface area contributed by atoms with Gasteiger partial charge in [0, 0.05) is 36.7 Å². The first-order valence-electron chi connectivity index (χ1n) is 16.5. The third kappa shape index (κ3) is 13.3. The van der Waals surface area contributed by atoms with Gasteiger partial charge in [-0.05, 0) is 86.1 Å². The molecule has 0 spiro atoms. The molecule has 1 amide bonds. The van der Waals surface area contributed by atoms with Gasteiger partial charge in [-0.25, -0.2) is 4.79 Å². The highest BCUT2D eigenvalue weighted by Crippen LogP contribution is 2.25. The lowest BCUT2D eigenvalue weighted by Gasteiger charge is -2.22. The number of hydrogen-bond acceptors (Lipinski definition) is 10. The molecular weight excluding hydrogens is 608 g/mol. The topological polar surface area (TPSA) is 134 Å². The minimum atomic E-state index is -0.654. The number of rotatable bonds is 20. The van der Waals surface area contributed by atoms with Crippen LogP contribution < -0.4 is 10.2 Å². The second-order valence-electron chi connectivity index (χ2n) is 10.9. The van der Waals surface area contributed by atoms with Gasteiger partial charge >= 0.3 is 11.9 Å². The second-order valence-corrected chi connectivity index (χ2v) is 10.9. The van der Waals surface area contributed by atoms with Crippen molar-refractivity contribution in [2.24, 2.45) is 20.5 Å². The Kier molecular flexibility index (Phi) is 16.2. The van der Waals surface area contributed by atoms with Crippen LogP contribution in [0.2, 0.25) is 0 Å². The summed E-state index contributed by atoms with van der Waals surface area (Å²) in [7, 11) is 0. The molecule has 11 nitrogen and oxygen atoms in total. The Balaban J connectivity index is 1.51. The van der Waals surface area contributed by atoms with Crippen molar-refractivity contribution in [1.82, 2.24) is 5.32 Å². The largest absolute Gasteiger partial charge is 0.461 e. The first-order valence-corrected chi connectivity index (χ1v) is 16.5. The third-order valence-corrected chi connectivity index (χ3v) is 7.33. The number of nitrogens with one attached hydrogen (secondary N) is 1. The molecule has 3 aromatic rings. The Hall–Kier alpha value is -5.19. The number of likely N-dealkylation sites (N-methyl/N-ethyl adjacent to an activating group) is 1. The Morgan fingerprint density at radius 2 is 1.29 bits per heavy atom. The minimum Gasteiger partial charge on any atom is -0.461 e. The summed E-state index contributed by atoms with van der Waals surface area (Å²) in [5.74, 6) is -1.08. The van der Waals surface area contributed by atoms with Crippen LogP contribution in [0.5, 0.6) is 0 Å². The molecular formula is C37H46N6O5. The Labute approximate surface area is 283 Å². The molecule has 0 aliphatic rings. The van der Waals surface area contributed by atoms with Gasteiger partial charge in [0.15, 0.2) is 6.23 Å². The number of unbranched alkanes of at least 4 members (excludes halogenated alkanes) is 4. The van der Waals surface area contributed by atoms with E-state index in [4.69, 9.17) is 9.47 Å². The van der Waals surface area contributed by atoms with E-state index < -0.39 is 12.2 Å². The summed E-state index contributed by atoms with van der Waals surface area (Å²) in [5, 5.41) is 20.0. The molecule has 0 fully saturated rings. The molecule has 0 saturated carbocycles. The van der Waals surface area contributed by atoms with Crippen LogP contribution in [0.4, 0.5) is 28.4 Å². The number of amides is 1. The van der Waals surface area contributed by atoms with Crippen LogP contribution in [0.3, 0.4) is 0 Å². The van der Waals surface area contributed by atoms with Crippen molar-refractivity contribution in [3.63, 3.8) is 0 Å². The number of carbonyl (C=O) groups excluding carboxylic acids is 3. The lowest BCUT2D eigenvalue weighted by Crippen LogP contribution is -2.38. The van der Waals surface area contributed by atoms with E-state index in [9.17, 15) is 14.4 Å². The summed E-state index contributed by atoms with van der Waals surface area (Å²) in [6.45, 7) is 10.9. The van der Waals surface area contributed by atoms with E-state index in [1.54, 1.807) is 55.5 Å². The van der Waals surface area contributed by atoms with Gasteiger partial charge in [0.2, 0.25) is 0 Å². The van der Waals surface area contributed by atoms with Crippen molar-refractivity contribution >= 4 is 46.3 Å². The van der Waals surface area contributed by atoms with Crippen LogP contribution in [0.1, 0.15) is 76.1 Å². The maximum absolute atomic E-state index is 12.9. The molecule has 254 valence electrons. The lowest BCUT2D eigenvalue weighted by molar-refractivity contribution is -0.150. The number of hydrogen-bond donors (Lipinski definition) is 1. The maximum atomic E-state index is 12.9. The van der Waals surface area contributed by atoms with Crippen LogP contribution in [0, 0.1) is 0 Å². The zero-order chi connectivity index (χ0) is 34.6. The van der Waals surface area contributed by atoms with E-state index in [-0.39, 0.29) is 24.9 Å². The molecule has 0 bridgehead atoms. The first kappa shape index (κ1) is 37.3. The van der Waals surface area contributed by atoms with Crippen molar-refractivity contribution in [2.75, 3.05) is 24.6 Å². The van der Waals surface area contributed by atoms with Crippen LogP contribution in [0.25, 0.3) is 0 Å². The van der Waals surface area contributed by atoms with Crippen LogP contribution >= 0.6 is 0 Å². The number of nitrogens with zero attached hydrogens (tertiary/aromatic N) is 5. The molecule has 3 rings (SSSR count). The molecule has 0 aromatic heterocycles. The quantitative estimate of drug-likeness (QED) is 0.0424. The van der Waals surface area contributed by atoms with E-state index in [0.29, 0.717) is 41.3 Å². The average molecular weight is 655 g/mol. The van der Waals surface area contributed by atoms with E-state index in [1.165, 1.54) is 6.42 Å². The van der Waals surface area contributed by atoms with Gasteiger partial charge in [-0.15, -0.1) is 0 Å². The summed E-state index contributed by atoms with van der Waals surface area (Å²) in [6.07, 6.45) is 6.68. The van der Waals surface area contributed by atoms with Gasteiger partial charge in [0.1, 0.15) is 6.61 Å². The summed E-state index contributed by atoms with van der Waals surface area (Å²) in [5.41, 5.74) is 4.02. The van der Waals surface area contributed by atoms with Crippen LogP contribution in [0.15, 0.2) is 106 Å². The summed E-state index contributed by atoms with van der Waals surface area (Å²) in [6, 6.07) is 21.6. The summed E-state index contributed by atoms with van der Waals surface area (Å²) in [4.78, 5) is 38.1. The fourth-order valence-corrected chi connectivity index (χ4v) is 4.58. The molecule has 11 heteroatoms. The van der Waals surface area contributed by atoms with Crippen molar-refractivity contribution in [3.8, 4) is 0 Å². The van der Waals surface area contributed by atoms with Gasteiger partial charge in [-0.1, -0.05) is 46.1 Å². The van der Waals surface area contributed by atoms with Crippen LogP contribution in [-0.4, -0.2) is 43.8 Å². The third-order valence-electron chi connectivity index (χ3n) is 7.33. The number of anilines is 1. The predicted molar refractivity (Wildman–Crippen MR) is 188 cm³/mol. The molecule has 0 aliphatic heterocycles. The van der Waals surface area contributed by atoms with Gasteiger partial charge in [-0.2, -0.15) is 20.5 Å². The summed E-state index contributed by atoms with van der Waals surface area (Å²) < 4.78 is 10.5. The standard InChI is InChI=1S/C37H46N6O5/c1-5-9-10-11-12-13-34(48-36(45)7-3)38-37(46)28-14-16-29(17-15-28)39-40-30-18-20-31(21-19-30)41-42-32-22-24-33(25-23-32)43(8-4)26-27-47-35(44)6-2/h6,14-25,34H,2,5,7-13,26-27H2,1,3-4H3,(H,38,46). The van der Waals surface area contributed by atoms with E-state index >= 15 is 0 Å². The Morgan fingerprint density at radius 1 is 0.771 bits per heavy atom. The van der Waals surface area contributed by atoms with Crippen molar-refractivity contribution in [1.29, 1.82) is 0 Å². The highest BCUT2D eigenvalue weighted by atomic mass is 16.6. The first-order chi connectivity index (χ1) is 23.3.